The number of benzene rings is 2. The number of pyridine rings is 1. The summed E-state index contributed by atoms with van der Waals surface area (Å²) in [5.74, 6) is 1.30. The maximum Gasteiger partial charge on any atom is 0.226 e. The van der Waals surface area contributed by atoms with E-state index in [4.69, 9.17) is 4.42 Å². The van der Waals surface area contributed by atoms with Gasteiger partial charge in [-0.2, -0.15) is 0 Å². The SMILES string of the molecule is Cc1ccccc1-n1c(SCc2coc(-c3cccc(F)c3)n2)nnc1-c1cccnc1. The minimum Gasteiger partial charge on any atom is -0.444 e. The maximum atomic E-state index is 13.5. The second-order valence-corrected chi connectivity index (χ2v) is 8.06. The van der Waals surface area contributed by atoms with Crippen LogP contribution in [0.2, 0.25) is 0 Å². The molecular formula is C24H18FN5OS. The van der Waals surface area contributed by atoms with Gasteiger partial charge in [0.15, 0.2) is 11.0 Å². The van der Waals surface area contributed by atoms with Crippen molar-refractivity contribution >= 4 is 11.8 Å². The lowest BCUT2D eigenvalue weighted by Gasteiger charge is -2.12. The van der Waals surface area contributed by atoms with Crippen molar-refractivity contribution in [3.63, 3.8) is 0 Å². The normalized spacial score (nSPS) is 11.1. The lowest BCUT2D eigenvalue weighted by atomic mass is 10.2. The molecular weight excluding hydrogens is 425 g/mol. The van der Waals surface area contributed by atoms with E-state index in [9.17, 15) is 4.39 Å². The van der Waals surface area contributed by atoms with Crippen LogP contribution in [-0.4, -0.2) is 24.7 Å². The van der Waals surface area contributed by atoms with E-state index in [2.05, 4.69) is 33.2 Å². The maximum absolute atomic E-state index is 13.5. The fourth-order valence-corrected chi connectivity index (χ4v) is 4.16. The molecule has 8 heteroatoms. The molecule has 0 atom stereocenters. The summed E-state index contributed by atoms with van der Waals surface area (Å²) in [6.07, 6.45) is 5.09. The van der Waals surface area contributed by atoms with Crippen molar-refractivity contribution in [2.24, 2.45) is 0 Å². The lowest BCUT2D eigenvalue weighted by molar-refractivity contribution is 0.571. The molecule has 0 aliphatic heterocycles. The fraction of sp³-hybridized carbons (Fsp3) is 0.0833. The van der Waals surface area contributed by atoms with Gasteiger partial charge in [-0.25, -0.2) is 9.37 Å². The van der Waals surface area contributed by atoms with Gasteiger partial charge in [-0.1, -0.05) is 36.0 Å². The Labute approximate surface area is 188 Å². The van der Waals surface area contributed by atoms with Crippen molar-refractivity contribution in [1.82, 2.24) is 24.7 Å². The molecule has 0 unspecified atom stereocenters. The third kappa shape index (κ3) is 4.04. The quantitative estimate of drug-likeness (QED) is 0.313. The Bertz CT molecular complexity index is 1370. The number of aromatic nitrogens is 5. The summed E-state index contributed by atoms with van der Waals surface area (Å²) >= 11 is 1.50. The fourth-order valence-electron chi connectivity index (χ4n) is 3.34. The highest BCUT2D eigenvalue weighted by Crippen LogP contribution is 2.31. The Morgan fingerprint density at radius 3 is 2.69 bits per heavy atom. The molecule has 0 aliphatic carbocycles. The van der Waals surface area contributed by atoms with Gasteiger partial charge < -0.3 is 4.42 Å². The van der Waals surface area contributed by atoms with E-state index in [0.29, 0.717) is 17.2 Å². The number of oxazole rings is 1. The van der Waals surface area contributed by atoms with Crippen molar-refractivity contribution in [2.75, 3.05) is 0 Å². The van der Waals surface area contributed by atoms with E-state index in [1.54, 1.807) is 30.8 Å². The number of aryl methyl sites for hydroxylation is 1. The van der Waals surface area contributed by atoms with Gasteiger partial charge in [0.2, 0.25) is 5.89 Å². The molecule has 0 bridgehead atoms. The van der Waals surface area contributed by atoms with Crippen molar-refractivity contribution in [1.29, 1.82) is 0 Å². The van der Waals surface area contributed by atoms with Crippen molar-refractivity contribution in [3.8, 4) is 28.5 Å². The van der Waals surface area contributed by atoms with Crippen LogP contribution in [0.5, 0.6) is 0 Å². The number of hydrogen-bond donors (Lipinski definition) is 0. The summed E-state index contributed by atoms with van der Waals surface area (Å²) in [6.45, 7) is 2.06. The molecule has 32 heavy (non-hydrogen) atoms. The van der Waals surface area contributed by atoms with Crippen LogP contribution in [0.4, 0.5) is 4.39 Å². The first-order valence-corrected chi connectivity index (χ1v) is 10.9. The molecule has 0 fully saturated rings. The molecule has 0 spiro atoms. The van der Waals surface area contributed by atoms with Crippen molar-refractivity contribution in [2.45, 2.75) is 17.8 Å². The Balaban J connectivity index is 1.46. The van der Waals surface area contributed by atoms with Crippen LogP contribution in [0.3, 0.4) is 0 Å². The van der Waals surface area contributed by atoms with E-state index < -0.39 is 0 Å². The van der Waals surface area contributed by atoms with Crippen LogP contribution < -0.4 is 0 Å². The average Bonchev–Trinajstić information content (AvgIpc) is 3.46. The Morgan fingerprint density at radius 1 is 1.00 bits per heavy atom. The van der Waals surface area contributed by atoms with E-state index in [-0.39, 0.29) is 5.82 Å². The van der Waals surface area contributed by atoms with E-state index >= 15 is 0 Å². The number of halogens is 1. The first-order chi connectivity index (χ1) is 15.7. The molecule has 2 aromatic carbocycles. The second-order valence-electron chi connectivity index (χ2n) is 7.11. The van der Waals surface area contributed by atoms with Gasteiger partial charge in [0.25, 0.3) is 0 Å². The van der Waals surface area contributed by atoms with Gasteiger partial charge >= 0.3 is 0 Å². The van der Waals surface area contributed by atoms with Gasteiger partial charge in [0.1, 0.15) is 12.1 Å². The molecule has 5 aromatic rings. The van der Waals surface area contributed by atoms with Gasteiger partial charge in [0.05, 0.1) is 11.4 Å². The molecule has 0 N–H and O–H groups in total. The number of nitrogens with zero attached hydrogens (tertiary/aromatic N) is 5. The van der Waals surface area contributed by atoms with E-state index in [1.807, 2.05) is 34.9 Å². The first-order valence-electron chi connectivity index (χ1n) is 9.94. The molecule has 0 saturated carbocycles. The summed E-state index contributed by atoms with van der Waals surface area (Å²) in [6, 6.07) is 18.1. The largest absolute Gasteiger partial charge is 0.444 e. The van der Waals surface area contributed by atoms with Gasteiger partial charge in [-0.05, 0) is 48.9 Å². The first kappa shape index (κ1) is 20.1. The summed E-state index contributed by atoms with van der Waals surface area (Å²) in [5, 5.41) is 9.62. The van der Waals surface area contributed by atoms with Crippen LogP contribution in [0.25, 0.3) is 28.5 Å². The minimum atomic E-state index is -0.328. The van der Waals surface area contributed by atoms with Gasteiger partial charge in [-0.3, -0.25) is 9.55 Å². The van der Waals surface area contributed by atoms with Crippen LogP contribution in [0.15, 0.2) is 88.9 Å². The molecule has 0 radical (unpaired) electrons. The molecule has 6 nitrogen and oxygen atoms in total. The lowest BCUT2D eigenvalue weighted by Crippen LogP contribution is -2.02. The standard InChI is InChI=1S/C24H18FN5OS/c1-16-6-2-3-10-21(16)30-22(18-8-5-11-26-13-18)28-29-24(30)32-15-20-14-31-23(27-20)17-7-4-9-19(25)12-17/h2-14H,15H2,1H3. The summed E-state index contributed by atoms with van der Waals surface area (Å²) in [5.41, 5.74) is 4.32. The highest BCUT2D eigenvalue weighted by Gasteiger charge is 2.18. The predicted molar refractivity (Wildman–Crippen MR) is 121 cm³/mol. The van der Waals surface area contributed by atoms with Crippen LogP contribution in [0, 0.1) is 12.7 Å². The smallest absolute Gasteiger partial charge is 0.226 e. The molecule has 0 aliphatic rings. The summed E-state index contributed by atoms with van der Waals surface area (Å²) < 4.78 is 21.1. The Kier molecular flexibility index (Phi) is 5.51. The van der Waals surface area contributed by atoms with Crippen LogP contribution >= 0.6 is 11.8 Å². The van der Waals surface area contributed by atoms with Crippen molar-refractivity contribution in [3.05, 3.63) is 96.4 Å². The van der Waals surface area contributed by atoms with E-state index in [0.717, 1.165) is 33.5 Å². The van der Waals surface area contributed by atoms with Crippen LogP contribution in [-0.2, 0) is 5.75 Å². The van der Waals surface area contributed by atoms with Gasteiger partial charge in [0, 0.05) is 29.3 Å². The zero-order valence-electron chi connectivity index (χ0n) is 17.1. The highest BCUT2D eigenvalue weighted by atomic mass is 32.2. The Hall–Kier alpha value is -3.78. The third-order valence-electron chi connectivity index (χ3n) is 4.88. The Morgan fingerprint density at radius 2 is 1.88 bits per heavy atom. The topological polar surface area (TPSA) is 69.6 Å². The van der Waals surface area contributed by atoms with Crippen molar-refractivity contribution < 1.29 is 8.81 Å². The highest BCUT2D eigenvalue weighted by molar-refractivity contribution is 7.98. The summed E-state index contributed by atoms with van der Waals surface area (Å²) in [7, 11) is 0. The monoisotopic (exact) mass is 443 g/mol. The minimum absolute atomic E-state index is 0.328. The molecule has 3 heterocycles. The molecule has 158 valence electrons. The summed E-state index contributed by atoms with van der Waals surface area (Å²) in [4.78, 5) is 8.72. The number of hydrogen-bond acceptors (Lipinski definition) is 6. The number of thioether (sulfide) groups is 1. The van der Waals surface area contributed by atoms with Gasteiger partial charge in [-0.15, -0.1) is 10.2 Å². The number of para-hydroxylation sites is 1. The predicted octanol–water partition coefficient (Wildman–Crippen LogP) is 5.72. The molecule has 0 saturated heterocycles. The zero-order chi connectivity index (χ0) is 21.9. The molecule has 5 rings (SSSR count). The number of rotatable bonds is 6. The average molecular weight is 444 g/mol. The molecule has 0 amide bonds. The second kappa shape index (κ2) is 8.76. The van der Waals surface area contributed by atoms with E-state index in [1.165, 1.54) is 23.9 Å². The third-order valence-corrected chi connectivity index (χ3v) is 5.84. The molecule has 3 aromatic heterocycles. The zero-order valence-corrected chi connectivity index (χ0v) is 18.0. The van der Waals surface area contributed by atoms with Crippen LogP contribution in [0.1, 0.15) is 11.3 Å².